The molecule has 5 atom stereocenters. The number of aliphatic hydroxyl groups is 5. The summed E-state index contributed by atoms with van der Waals surface area (Å²) in [7, 11) is 0. The van der Waals surface area contributed by atoms with Gasteiger partial charge in [-0.25, -0.2) is 4.79 Å². The smallest absolute Gasteiger partial charge is 0.324 e. The highest BCUT2D eigenvalue weighted by molar-refractivity contribution is 6.34. The molecule has 23 heavy (non-hydrogen) atoms. The normalized spacial score (nSPS) is 25.2. The van der Waals surface area contributed by atoms with E-state index >= 15 is 0 Å². The van der Waals surface area contributed by atoms with Gasteiger partial charge in [-0.1, -0.05) is 23.7 Å². The number of nitrogens with one attached hydrogen (secondary N) is 1. The molecule has 9 heteroatoms. The SMILES string of the molecule is Cc1cccc(Cl)c1N1C(=O)N[C@H]([C@H](O)[C@H](O)[C@H](O)CO)[C@H]1O. The minimum atomic E-state index is -1.74. The van der Waals surface area contributed by atoms with Gasteiger partial charge in [-0.15, -0.1) is 0 Å². The second kappa shape index (κ2) is 7.00. The third kappa shape index (κ3) is 3.27. The van der Waals surface area contributed by atoms with E-state index in [1.165, 1.54) is 0 Å². The molecule has 2 rings (SSSR count). The highest BCUT2D eigenvalue weighted by atomic mass is 35.5. The Labute approximate surface area is 137 Å². The summed E-state index contributed by atoms with van der Waals surface area (Å²) in [5, 5.41) is 51.0. The minimum absolute atomic E-state index is 0.241. The van der Waals surface area contributed by atoms with Gasteiger partial charge in [0.1, 0.15) is 24.4 Å². The number of urea groups is 1. The zero-order chi connectivity index (χ0) is 17.3. The number of nitrogens with zero attached hydrogens (tertiary/aromatic N) is 1. The molecule has 1 fully saturated rings. The van der Waals surface area contributed by atoms with Gasteiger partial charge in [0.2, 0.25) is 0 Å². The summed E-state index contributed by atoms with van der Waals surface area (Å²) in [4.78, 5) is 13.1. The predicted molar refractivity (Wildman–Crippen MR) is 82.1 cm³/mol. The average Bonchev–Trinajstić information content (AvgIpc) is 2.80. The monoisotopic (exact) mass is 346 g/mol. The van der Waals surface area contributed by atoms with E-state index in [-0.39, 0.29) is 10.7 Å². The van der Waals surface area contributed by atoms with Gasteiger partial charge in [-0.2, -0.15) is 0 Å². The average molecular weight is 347 g/mol. The van der Waals surface area contributed by atoms with Gasteiger partial charge >= 0.3 is 6.03 Å². The predicted octanol–water partition coefficient (Wildman–Crippen LogP) is -1.06. The Bertz CT molecular complexity index is 566. The van der Waals surface area contributed by atoms with E-state index in [1.54, 1.807) is 25.1 Å². The quantitative estimate of drug-likeness (QED) is 0.402. The molecule has 0 aliphatic carbocycles. The number of halogens is 1. The third-order valence-corrected chi connectivity index (χ3v) is 4.13. The summed E-state index contributed by atoms with van der Waals surface area (Å²) in [5.74, 6) is 0. The standard InChI is InChI=1S/C14H19ClN2O6/c1-6-3-2-4-7(15)10(6)17-13(22)9(16-14(17)23)12(21)11(20)8(19)5-18/h2-4,8-9,11-13,18-22H,5H2,1H3,(H,16,23)/t8-,9-,11-,12+,13-/m1/s1. The van der Waals surface area contributed by atoms with E-state index in [0.717, 1.165) is 4.90 Å². The van der Waals surface area contributed by atoms with Crippen molar-refractivity contribution < 1.29 is 30.3 Å². The molecular weight excluding hydrogens is 328 g/mol. The van der Waals surface area contributed by atoms with Crippen LogP contribution in [0.4, 0.5) is 10.5 Å². The van der Waals surface area contributed by atoms with Crippen LogP contribution < -0.4 is 10.2 Å². The maximum Gasteiger partial charge on any atom is 0.324 e. The van der Waals surface area contributed by atoms with Gasteiger partial charge in [0.15, 0.2) is 6.23 Å². The summed E-state index contributed by atoms with van der Waals surface area (Å²) < 4.78 is 0. The number of amides is 2. The van der Waals surface area contributed by atoms with Crippen molar-refractivity contribution in [3.63, 3.8) is 0 Å². The fourth-order valence-corrected chi connectivity index (χ4v) is 2.85. The molecule has 0 radical (unpaired) electrons. The first-order valence-electron chi connectivity index (χ1n) is 6.97. The molecule has 0 saturated carbocycles. The van der Waals surface area contributed by atoms with Gasteiger partial charge in [0, 0.05) is 0 Å². The molecule has 2 amide bonds. The van der Waals surface area contributed by atoms with Crippen LogP contribution in [-0.2, 0) is 0 Å². The van der Waals surface area contributed by atoms with Crippen molar-refractivity contribution in [2.24, 2.45) is 0 Å². The summed E-state index contributed by atoms with van der Waals surface area (Å²) in [6, 6.07) is 2.97. The molecule has 8 nitrogen and oxygen atoms in total. The molecule has 128 valence electrons. The van der Waals surface area contributed by atoms with Crippen molar-refractivity contribution in [2.45, 2.75) is 37.5 Å². The largest absolute Gasteiger partial charge is 0.394 e. The number of rotatable bonds is 5. The molecule has 1 aliphatic heterocycles. The number of aliphatic hydroxyl groups excluding tert-OH is 5. The lowest BCUT2D eigenvalue weighted by atomic mass is 10.0. The molecule has 1 aromatic carbocycles. The van der Waals surface area contributed by atoms with Gasteiger partial charge in [-0.05, 0) is 18.6 Å². The molecule has 0 bridgehead atoms. The summed E-state index contributed by atoms with van der Waals surface area (Å²) in [6.45, 7) is 0.928. The maximum absolute atomic E-state index is 12.2. The number of para-hydroxylation sites is 1. The molecule has 6 N–H and O–H groups in total. The number of carbonyl (C=O) groups is 1. The first-order chi connectivity index (χ1) is 10.8. The van der Waals surface area contributed by atoms with Crippen LogP contribution in [0.25, 0.3) is 0 Å². The van der Waals surface area contributed by atoms with Crippen LogP contribution >= 0.6 is 11.6 Å². The Balaban J connectivity index is 2.28. The highest BCUT2D eigenvalue weighted by Crippen LogP contribution is 2.33. The van der Waals surface area contributed by atoms with Crippen molar-refractivity contribution in [3.8, 4) is 0 Å². The van der Waals surface area contributed by atoms with E-state index in [4.69, 9.17) is 16.7 Å². The Hall–Kier alpha value is -1.42. The van der Waals surface area contributed by atoms with E-state index in [2.05, 4.69) is 5.32 Å². The number of benzene rings is 1. The fraction of sp³-hybridized carbons (Fsp3) is 0.500. The van der Waals surface area contributed by atoms with Gasteiger partial charge in [-0.3, -0.25) is 4.90 Å². The second-order valence-electron chi connectivity index (χ2n) is 5.40. The van der Waals surface area contributed by atoms with E-state index in [0.29, 0.717) is 5.56 Å². The topological polar surface area (TPSA) is 133 Å². The Morgan fingerprint density at radius 3 is 2.57 bits per heavy atom. The van der Waals surface area contributed by atoms with Crippen LogP contribution in [0.1, 0.15) is 5.56 Å². The summed E-state index contributed by atoms with van der Waals surface area (Å²) in [6.07, 6.45) is -6.56. The lowest BCUT2D eigenvalue weighted by Crippen LogP contribution is -2.53. The molecule has 1 aliphatic rings. The number of hydrogen-bond donors (Lipinski definition) is 6. The Morgan fingerprint density at radius 2 is 2.00 bits per heavy atom. The maximum atomic E-state index is 12.2. The van der Waals surface area contributed by atoms with Crippen LogP contribution in [-0.4, -0.2) is 68.8 Å². The lowest BCUT2D eigenvalue weighted by Gasteiger charge is -2.29. The lowest BCUT2D eigenvalue weighted by molar-refractivity contribution is -0.0947. The van der Waals surface area contributed by atoms with Crippen LogP contribution in [0, 0.1) is 6.92 Å². The minimum Gasteiger partial charge on any atom is -0.394 e. The van der Waals surface area contributed by atoms with Gasteiger partial charge < -0.3 is 30.8 Å². The van der Waals surface area contributed by atoms with Crippen molar-refractivity contribution in [1.29, 1.82) is 0 Å². The third-order valence-electron chi connectivity index (χ3n) is 3.82. The molecule has 1 aromatic rings. The number of anilines is 1. The van der Waals surface area contributed by atoms with Crippen molar-refractivity contribution in [2.75, 3.05) is 11.5 Å². The molecule has 1 heterocycles. The van der Waals surface area contributed by atoms with Gasteiger partial charge in [0.05, 0.1) is 17.3 Å². The van der Waals surface area contributed by atoms with Crippen molar-refractivity contribution in [3.05, 3.63) is 28.8 Å². The van der Waals surface area contributed by atoms with E-state index in [9.17, 15) is 25.2 Å². The van der Waals surface area contributed by atoms with Gasteiger partial charge in [0.25, 0.3) is 0 Å². The Kier molecular flexibility index (Phi) is 5.45. The first kappa shape index (κ1) is 17.9. The van der Waals surface area contributed by atoms with Crippen LogP contribution in [0.5, 0.6) is 0 Å². The summed E-state index contributed by atoms with van der Waals surface area (Å²) >= 11 is 6.09. The highest BCUT2D eigenvalue weighted by Gasteiger charge is 2.46. The van der Waals surface area contributed by atoms with Crippen molar-refractivity contribution >= 4 is 23.3 Å². The van der Waals surface area contributed by atoms with Crippen LogP contribution in [0.2, 0.25) is 5.02 Å². The van der Waals surface area contributed by atoms with Crippen LogP contribution in [0.15, 0.2) is 18.2 Å². The van der Waals surface area contributed by atoms with Crippen molar-refractivity contribution in [1.82, 2.24) is 5.32 Å². The number of hydrogen-bond acceptors (Lipinski definition) is 6. The van der Waals surface area contributed by atoms with E-state index in [1.807, 2.05) is 0 Å². The second-order valence-corrected chi connectivity index (χ2v) is 5.80. The molecule has 0 aromatic heterocycles. The number of aryl methyl sites for hydroxylation is 1. The zero-order valence-corrected chi connectivity index (χ0v) is 13.1. The molecular formula is C14H19ClN2O6. The molecule has 0 unspecified atom stereocenters. The molecule has 0 spiro atoms. The zero-order valence-electron chi connectivity index (χ0n) is 12.3. The van der Waals surface area contributed by atoms with E-state index < -0.39 is 43.2 Å². The Morgan fingerprint density at radius 1 is 1.35 bits per heavy atom. The first-order valence-corrected chi connectivity index (χ1v) is 7.35. The number of carbonyl (C=O) groups excluding carboxylic acids is 1. The molecule has 1 saturated heterocycles. The fourth-order valence-electron chi connectivity index (χ4n) is 2.54. The van der Waals surface area contributed by atoms with Crippen LogP contribution in [0.3, 0.4) is 0 Å². The summed E-state index contributed by atoms with van der Waals surface area (Å²) in [5.41, 5.74) is 0.920.